The van der Waals surface area contributed by atoms with Crippen molar-refractivity contribution in [1.29, 1.82) is 5.26 Å². The number of hydrogen-bond donors (Lipinski definition) is 2. The number of hydrogen-bond acceptors (Lipinski definition) is 8. The molecule has 0 bridgehead atoms. The van der Waals surface area contributed by atoms with E-state index >= 15 is 4.39 Å². The van der Waals surface area contributed by atoms with E-state index in [0.29, 0.717) is 11.3 Å². The summed E-state index contributed by atoms with van der Waals surface area (Å²) in [5.41, 5.74) is 0.964. The van der Waals surface area contributed by atoms with Gasteiger partial charge in [-0.3, -0.25) is 4.79 Å². The van der Waals surface area contributed by atoms with Gasteiger partial charge in [0, 0.05) is 4.88 Å². The van der Waals surface area contributed by atoms with Crippen LogP contribution in [0.25, 0.3) is 0 Å². The summed E-state index contributed by atoms with van der Waals surface area (Å²) in [6.07, 6.45) is 1.19. The van der Waals surface area contributed by atoms with E-state index in [2.05, 4.69) is 4.98 Å². The highest BCUT2D eigenvalue weighted by molar-refractivity contribution is 7.89. The number of aromatic nitrogens is 1. The van der Waals surface area contributed by atoms with Crippen LogP contribution < -0.4 is 9.62 Å². The number of amides is 1. The van der Waals surface area contributed by atoms with Gasteiger partial charge in [-0.05, 0) is 37.1 Å². The molecule has 0 saturated heterocycles. The molecule has 8 nitrogen and oxygen atoms in total. The molecule has 0 aliphatic carbocycles. The van der Waals surface area contributed by atoms with Gasteiger partial charge in [-0.2, -0.15) is 5.26 Å². The fourth-order valence-corrected chi connectivity index (χ4v) is 4.69. The number of aryl methyl sites for hydroxylation is 1. The van der Waals surface area contributed by atoms with Crippen molar-refractivity contribution in [2.75, 3.05) is 17.8 Å². The molecule has 33 heavy (non-hydrogen) atoms. The van der Waals surface area contributed by atoms with Crippen molar-refractivity contribution in [1.82, 2.24) is 9.71 Å². The van der Waals surface area contributed by atoms with Crippen molar-refractivity contribution < 1.29 is 22.7 Å². The maximum Gasteiger partial charge on any atom is 0.284 e. The summed E-state index contributed by atoms with van der Waals surface area (Å²) in [4.78, 5) is 18.6. The second-order valence-corrected chi connectivity index (χ2v) is 10.2. The standard InChI is InChI=1S/C22H21FN4O4S2/c1-14-20(21(29)26-33(2,30)31)25-22(32-14)27(19-9-8-16(12-24)11-18(19)23)17(13-28)10-15-6-4-3-5-7-15/h3-9,11,17,28H,10,13H2,1-2H3,(H,26,29)/t17-/m1/s1. The van der Waals surface area contributed by atoms with E-state index in [9.17, 15) is 18.3 Å². The zero-order valence-electron chi connectivity index (χ0n) is 17.8. The van der Waals surface area contributed by atoms with E-state index in [4.69, 9.17) is 5.26 Å². The molecule has 2 N–H and O–H groups in total. The van der Waals surface area contributed by atoms with Crippen LogP contribution in [0.1, 0.15) is 26.5 Å². The third-order valence-corrected chi connectivity index (χ3v) is 6.24. The Morgan fingerprint density at radius 1 is 1.30 bits per heavy atom. The van der Waals surface area contributed by atoms with Crippen molar-refractivity contribution in [3.8, 4) is 6.07 Å². The zero-order chi connectivity index (χ0) is 24.2. The van der Waals surface area contributed by atoms with Gasteiger partial charge < -0.3 is 10.0 Å². The predicted octanol–water partition coefficient (Wildman–Crippen LogP) is 2.89. The number of aliphatic hydroxyl groups is 1. The first-order chi connectivity index (χ1) is 15.6. The first-order valence-electron chi connectivity index (χ1n) is 9.76. The van der Waals surface area contributed by atoms with Crippen molar-refractivity contribution in [3.05, 3.63) is 76.0 Å². The molecule has 1 heterocycles. The summed E-state index contributed by atoms with van der Waals surface area (Å²) >= 11 is 1.06. The van der Waals surface area contributed by atoms with E-state index in [1.165, 1.54) is 17.0 Å². The molecule has 172 valence electrons. The molecule has 3 rings (SSSR count). The van der Waals surface area contributed by atoms with Gasteiger partial charge in [0.2, 0.25) is 10.0 Å². The largest absolute Gasteiger partial charge is 0.394 e. The molecule has 0 aliphatic rings. The summed E-state index contributed by atoms with van der Waals surface area (Å²) in [5.74, 6) is -1.60. The van der Waals surface area contributed by atoms with Crippen LogP contribution in [0.2, 0.25) is 0 Å². The monoisotopic (exact) mass is 488 g/mol. The second-order valence-electron chi connectivity index (χ2n) is 7.28. The minimum absolute atomic E-state index is 0.0628. The second kappa shape index (κ2) is 10.1. The van der Waals surface area contributed by atoms with Gasteiger partial charge in [-0.15, -0.1) is 11.3 Å². The predicted molar refractivity (Wildman–Crippen MR) is 123 cm³/mol. The molecule has 2 aromatic carbocycles. The van der Waals surface area contributed by atoms with Crippen LogP contribution in [-0.4, -0.2) is 43.3 Å². The highest BCUT2D eigenvalue weighted by Crippen LogP contribution is 2.36. The highest BCUT2D eigenvalue weighted by atomic mass is 32.2. The highest BCUT2D eigenvalue weighted by Gasteiger charge is 2.28. The molecule has 1 amide bonds. The van der Waals surface area contributed by atoms with Gasteiger partial charge in [0.05, 0.1) is 36.2 Å². The Bertz CT molecular complexity index is 1300. The number of rotatable bonds is 8. The maximum absolute atomic E-state index is 15.0. The Morgan fingerprint density at radius 3 is 2.58 bits per heavy atom. The molecule has 0 radical (unpaired) electrons. The average molecular weight is 489 g/mol. The lowest BCUT2D eigenvalue weighted by Gasteiger charge is -2.31. The first-order valence-corrected chi connectivity index (χ1v) is 12.5. The van der Waals surface area contributed by atoms with Crippen molar-refractivity contribution in [2.45, 2.75) is 19.4 Å². The lowest BCUT2D eigenvalue weighted by molar-refractivity contribution is 0.0977. The number of anilines is 2. The molecule has 1 atom stereocenters. The molecule has 0 unspecified atom stereocenters. The van der Waals surface area contributed by atoms with Gasteiger partial charge in [-0.1, -0.05) is 30.3 Å². The number of thiazole rings is 1. The lowest BCUT2D eigenvalue weighted by Crippen LogP contribution is -2.37. The normalized spacial score (nSPS) is 12.1. The Hall–Kier alpha value is -3.33. The van der Waals surface area contributed by atoms with Crippen LogP contribution in [0.4, 0.5) is 15.2 Å². The number of nitriles is 1. The number of benzene rings is 2. The SMILES string of the molecule is Cc1sc(N(c2ccc(C#N)cc2F)[C@@H](CO)Cc2ccccc2)nc1C(=O)NS(C)(=O)=O. The average Bonchev–Trinajstić information content (AvgIpc) is 3.15. The lowest BCUT2D eigenvalue weighted by atomic mass is 10.0. The van der Waals surface area contributed by atoms with E-state index in [1.807, 2.05) is 41.1 Å². The van der Waals surface area contributed by atoms with Crippen molar-refractivity contribution in [2.24, 2.45) is 0 Å². The number of sulfonamides is 1. The third-order valence-electron chi connectivity index (χ3n) is 4.71. The maximum atomic E-state index is 15.0. The fraction of sp³-hybridized carbons (Fsp3) is 0.227. The van der Waals surface area contributed by atoms with Gasteiger partial charge in [0.1, 0.15) is 11.5 Å². The fourth-order valence-electron chi connectivity index (χ4n) is 3.26. The Balaban J connectivity index is 2.10. The van der Waals surface area contributed by atoms with Crippen LogP contribution in [0, 0.1) is 24.1 Å². The van der Waals surface area contributed by atoms with E-state index in [-0.39, 0.29) is 28.7 Å². The van der Waals surface area contributed by atoms with Gasteiger partial charge in [0.15, 0.2) is 5.13 Å². The van der Waals surface area contributed by atoms with Crippen LogP contribution in [0.15, 0.2) is 48.5 Å². The summed E-state index contributed by atoms with van der Waals surface area (Å²) in [5, 5.41) is 19.5. The Labute approximate surface area is 195 Å². The summed E-state index contributed by atoms with van der Waals surface area (Å²) < 4.78 is 39.9. The smallest absolute Gasteiger partial charge is 0.284 e. The number of nitrogens with zero attached hydrogens (tertiary/aromatic N) is 3. The van der Waals surface area contributed by atoms with Crippen LogP contribution in [0.3, 0.4) is 0 Å². The van der Waals surface area contributed by atoms with Gasteiger partial charge in [-0.25, -0.2) is 22.5 Å². The molecule has 3 aromatic rings. The van der Waals surface area contributed by atoms with Crippen LogP contribution in [-0.2, 0) is 16.4 Å². The number of halogens is 1. The van der Waals surface area contributed by atoms with Crippen LogP contribution >= 0.6 is 11.3 Å². The van der Waals surface area contributed by atoms with E-state index in [0.717, 1.165) is 29.2 Å². The minimum Gasteiger partial charge on any atom is -0.394 e. The van der Waals surface area contributed by atoms with Crippen molar-refractivity contribution in [3.63, 3.8) is 0 Å². The summed E-state index contributed by atoms with van der Waals surface area (Å²) in [7, 11) is -3.81. The number of nitrogens with one attached hydrogen (secondary N) is 1. The van der Waals surface area contributed by atoms with Crippen LogP contribution in [0.5, 0.6) is 0 Å². The Morgan fingerprint density at radius 2 is 2.00 bits per heavy atom. The topological polar surface area (TPSA) is 123 Å². The molecule has 0 saturated carbocycles. The van der Waals surface area contributed by atoms with E-state index in [1.54, 1.807) is 6.92 Å². The van der Waals surface area contributed by atoms with Gasteiger partial charge in [0.25, 0.3) is 5.91 Å². The van der Waals surface area contributed by atoms with E-state index < -0.39 is 27.8 Å². The van der Waals surface area contributed by atoms with Gasteiger partial charge >= 0.3 is 0 Å². The molecular weight excluding hydrogens is 467 g/mol. The number of carbonyl (C=O) groups excluding carboxylic acids is 1. The molecule has 0 spiro atoms. The minimum atomic E-state index is -3.81. The first kappa shape index (κ1) is 24.3. The quantitative estimate of drug-likeness (QED) is 0.500. The molecule has 0 aliphatic heterocycles. The summed E-state index contributed by atoms with van der Waals surface area (Å²) in [6, 6.07) is 14.4. The number of carbonyl (C=O) groups is 1. The molecule has 0 fully saturated rings. The molecular formula is C22H21FN4O4S2. The number of aliphatic hydroxyl groups excluding tert-OH is 1. The molecule has 11 heteroatoms. The summed E-state index contributed by atoms with van der Waals surface area (Å²) in [6.45, 7) is 1.23. The Kier molecular flexibility index (Phi) is 7.43. The zero-order valence-corrected chi connectivity index (χ0v) is 19.5. The van der Waals surface area contributed by atoms with Crippen molar-refractivity contribution >= 4 is 38.1 Å². The third kappa shape index (κ3) is 5.92. The molecule has 1 aromatic heterocycles.